The number of carbonyl (C=O) groups excluding carboxylic acids is 1. The zero-order chi connectivity index (χ0) is 20.4. The summed E-state index contributed by atoms with van der Waals surface area (Å²) in [6.45, 7) is 9.62. The Kier molecular flexibility index (Phi) is 5.33. The monoisotopic (exact) mass is 392 g/mol. The highest BCUT2D eigenvalue weighted by Crippen LogP contribution is 2.30. The van der Waals surface area contributed by atoms with Gasteiger partial charge in [0.15, 0.2) is 0 Å². The molecule has 2 aromatic carbocycles. The lowest BCUT2D eigenvalue weighted by atomic mass is 9.86. The highest BCUT2D eigenvalue weighted by Gasteiger charge is 2.19. The summed E-state index contributed by atoms with van der Waals surface area (Å²) in [5.74, 6) is -0.0467. The molecule has 1 saturated heterocycles. The van der Waals surface area contributed by atoms with Crippen molar-refractivity contribution in [3.05, 3.63) is 59.9 Å². The minimum absolute atomic E-state index is 0.0437. The maximum Gasteiger partial charge on any atom is 0.228 e. The van der Waals surface area contributed by atoms with Crippen LogP contribution in [0.25, 0.3) is 11.0 Å². The average Bonchev–Trinajstić information content (AvgIpc) is 3.10. The average molecular weight is 392 g/mol. The first-order valence-electron chi connectivity index (χ1n) is 10.1. The van der Waals surface area contributed by atoms with Crippen molar-refractivity contribution in [1.82, 2.24) is 0 Å². The van der Waals surface area contributed by atoms with Gasteiger partial charge in [0.25, 0.3) is 0 Å². The van der Waals surface area contributed by atoms with Gasteiger partial charge in [0.2, 0.25) is 5.91 Å². The molecule has 0 spiro atoms. The fourth-order valence-electron chi connectivity index (χ4n) is 3.71. The molecule has 0 bridgehead atoms. The zero-order valence-electron chi connectivity index (χ0n) is 17.3. The molecule has 3 aromatic rings. The second kappa shape index (κ2) is 7.91. The molecule has 1 aliphatic rings. The van der Waals surface area contributed by atoms with Crippen molar-refractivity contribution < 1.29 is 13.9 Å². The summed E-state index contributed by atoms with van der Waals surface area (Å²) < 4.78 is 11.1. The molecule has 0 aliphatic carbocycles. The first kappa shape index (κ1) is 19.5. The molecule has 4 rings (SSSR count). The number of benzene rings is 2. The van der Waals surface area contributed by atoms with Crippen LogP contribution in [0.1, 0.15) is 31.9 Å². The number of nitrogens with zero attached hydrogens (tertiary/aromatic N) is 1. The standard InChI is InChI=1S/C24H28N2O3/c1-24(2,3)18-8-9-22-19(15-18)17(16-29-22)14-23(27)25-20-6-4-5-7-21(20)26-10-12-28-13-11-26/h4-9,15-16H,10-14H2,1-3H3,(H,25,27). The predicted octanol–water partition coefficient (Wildman–Crippen LogP) is 4.75. The molecule has 5 nitrogen and oxygen atoms in total. The number of rotatable bonds is 4. The lowest BCUT2D eigenvalue weighted by molar-refractivity contribution is -0.115. The third-order valence-corrected chi connectivity index (χ3v) is 5.40. The molecule has 152 valence electrons. The van der Waals surface area contributed by atoms with Gasteiger partial charge < -0.3 is 19.4 Å². The van der Waals surface area contributed by atoms with Crippen molar-refractivity contribution in [3.63, 3.8) is 0 Å². The van der Waals surface area contributed by atoms with Gasteiger partial charge in [0.05, 0.1) is 37.3 Å². The zero-order valence-corrected chi connectivity index (χ0v) is 17.3. The van der Waals surface area contributed by atoms with Gasteiger partial charge in [-0.1, -0.05) is 39.0 Å². The first-order chi connectivity index (χ1) is 13.9. The van der Waals surface area contributed by atoms with Crippen LogP contribution >= 0.6 is 0 Å². The molecule has 0 saturated carbocycles. The number of para-hydroxylation sites is 2. The largest absolute Gasteiger partial charge is 0.464 e. The van der Waals surface area contributed by atoms with E-state index >= 15 is 0 Å². The van der Waals surface area contributed by atoms with E-state index in [1.807, 2.05) is 30.3 Å². The van der Waals surface area contributed by atoms with Gasteiger partial charge in [0, 0.05) is 24.0 Å². The molecular formula is C24H28N2O3. The fourth-order valence-corrected chi connectivity index (χ4v) is 3.71. The van der Waals surface area contributed by atoms with Crippen molar-refractivity contribution in [3.8, 4) is 0 Å². The molecule has 29 heavy (non-hydrogen) atoms. The number of hydrogen-bond acceptors (Lipinski definition) is 4. The van der Waals surface area contributed by atoms with Crippen molar-refractivity contribution in [2.24, 2.45) is 0 Å². The van der Waals surface area contributed by atoms with E-state index in [0.29, 0.717) is 13.2 Å². The second-order valence-corrected chi connectivity index (χ2v) is 8.56. The Hall–Kier alpha value is -2.79. The third-order valence-electron chi connectivity index (χ3n) is 5.40. The molecule has 0 unspecified atom stereocenters. The van der Waals surface area contributed by atoms with E-state index in [2.05, 4.69) is 43.1 Å². The Bertz CT molecular complexity index is 1010. The lowest BCUT2D eigenvalue weighted by Crippen LogP contribution is -2.36. The minimum atomic E-state index is -0.0467. The van der Waals surface area contributed by atoms with Crippen LogP contribution < -0.4 is 10.2 Å². The van der Waals surface area contributed by atoms with Gasteiger partial charge in [-0.25, -0.2) is 0 Å². The normalized spacial score (nSPS) is 14.9. The summed E-state index contributed by atoms with van der Waals surface area (Å²) in [4.78, 5) is 15.1. The molecular weight excluding hydrogens is 364 g/mol. The summed E-state index contributed by atoms with van der Waals surface area (Å²) in [6.07, 6.45) is 1.97. The van der Waals surface area contributed by atoms with Gasteiger partial charge in [-0.2, -0.15) is 0 Å². The molecule has 1 fully saturated rings. The Morgan fingerprint density at radius 1 is 1.10 bits per heavy atom. The van der Waals surface area contributed by atoms with Crippen molar-refractivity contribution in [2.75, 3.05) is 36.5 Å². The molecule has 5 heteroatoms. The number of fused-ring (bicyclic) bond motifs is 1. The van der Waals surface area contributed by atoms with Gasteiger partial charge in [0.1, 0.15) is 5.58 Å². The van der Waals surface area contributed by atoms with Gasteiger partial charge in [-0.15, -0.1) is 0 Å². The SMILES string of the molecule is CC(C)(C)c1ccc2occ(CC(=O)Nc3ccccc3N3CCOCC3)c2c1. The third kappa shape index (κ3) is 4.30. The van der Waals surface area contributed by atoms with Crippen molar-refractivity contribution in [2.45, 2.75) is 32.6 Å². The molecule has 1 aliphatic heterocycles. The number of hydrogen-bond donors (Lipinski definition) is 1. The van der Waals surface area contributed by atoms with Crippen LogP contribution in [0, 0.1) is 0 Å². The van der Waals surface area contributed by atoms with Gasteiger partial charge in [-0.3, -0.25) is 4.79 Å². The minimum Gasteiger partial charge on any atom is -0.464 e. The molecule has 2 heterocycles. The van der Waals surface area contributed by atoms with Gasteiger partial charge in [-0.05, 0) is 35.2 Å². The lowest BCUT2D eigenvalue weighted by Gasteiger charge is -2.30. The van der Waals surface area contributed by atoms with Crippen LogP contribution in [-0.2, 0) is 21.4 Å². The number of carbonyl (C=O) groups is 1. The molecule has 1 amide bonds. The number of anilines is 2. The molecule has 0 atom stereocenters. The van der Waals surface area contributed by atoms with Crippen LogP contribution in [0.5, 0.6) is 0 Å². The Balaban J connectivity index is 1.54. The van der Waals surface area contributed by atoms with E-state index in [9.17, 15) is 4.79 Å². The van der Waals surface area contributed by atoms with Crippen molar-refractivity contribution in [1.29, 1.82) is 0 Å². The van der Waals surface area contributed by atoms with Crippen LogP contribution in [0.2, 0.25) is 0 Å². The quantitative estimate of drug-likeness (QED) is 0.696. The topological polar surface area (TPSA) is 54.7 Å². The summed E-state index contributed by atoms with van der Waals surface area (Å²) in [6, 6.07) is 14.2. The summed E-state index contributed by atoms with van der Waals surface area (Å²) in [5.41, 5.74) is 4.87. The summed E-state index contributed by atoms with van der Waals surface area (Å²) in [7, 11) is 0. The maximum atomic E-state index is 12.8. The van der Waals surface area contributed by atoms with Crippen LogP contribution in [-0.4, -0.2) is 32.2 Å². The van der Waals surface area contributed by atoms with Crippen LogP contribution in [0.3, 0.4) is 0 Å². The highest BCUT2D eigenvalue weighted by atomic mass is 16.5. The number of ether oxygens (including phenoxy) is 1. The summed E-state index contributed by atoms with van der Waals surface area (Å²) in [5, 5.41) is 4.10. The van der Waals surface area contributed by atoms with Crippen LogP contribution in [0.4, 0.5) is 11.4 Å². The Labute approximate surface area is 171 Å². The van der Waals surface area contributed by atoms with Crippen molar-refractivity contribution >= 4 is 28.3 Å². The van der Waals surface area contributed by atoms with E-state index in [0.717, 1.165) is 41.0 Å². The second-order valence-electron chi connectivity index (χ2n) is 8.56. The number of morpholine rings is 1. The first-order valence-corrected chi connectivity index (χ1v) is 10.1. The van der Waals surface area contributed by atoms with E-state index in [4.69, 9.17) is 9.15 Å². The van der Waals surface area contributed by atoms with E-state index in [-0.39, 0.29) is 17.7 Å². The van der Waals surface area contributed by atoms with Gasteiger partial charge >= 0.3 is 0 Å². The fraction of sp³-hybridized carbons (Fsp3) is 0.375. The maximum absolute atomic E-state index is 12.8. The van der Waals surface area contributed by atoms with Crippen LogP contribution in [0.15, 0.2) is 53.1 Å². The number of amides is 1. The molecule has 1 N–H and O–H groups in total. The molecule has 1 aromatic heterocycles. The van der Waals surface area contributed by atoms with E-state index in [1.165, 1.54) is 5.56 Å². The van der Waals surface area contributed by atoms with E-state index in [1.54, 1.807) is 6.26 Å². The Morgan fingerprint density at radius 3 is 2.62 bits per heavy atom. The molecule has 0 radical (unpaired) electrons. The van der Waals surface area contributed by atoms with E-state index < -0.39 is 0 Å². The summed E-state index contributed by atoms with van der Waals surface area (Å²) >= 11 is 0. The highest BCUT2D eigenvalue weighted by molar-refractivity contribution is 5.97. The predicted molar refractivity (Wildman–Crippen MR) is 117 cm³/mol. The Morgan fingerprint density at radius 2 is 1.86 bits per heavy atom. The number of furan rings is 1. The smallest absolute Gasteiger partial charge is 0.228 e. The number of nitrogens with one attached hydrogen (secondary N) is 1.